The number of alkyl halides is 1. The number of rotatable bonds is 6. The van der Waals surface area contributed by atoms with Crippen LogP contribution in [0.1, 0.15) is 24.3 Å². The fourth-order valence-corrected chi connectivity index (χ4v) is 2.54. The van der Waals surface area contributed by atoms with Crippen molar-refractivity contribution in [3.8, 4) is 5.75 Å². The van der Waals surface area contributed by atoms with Gasteiger partial charge in [0, 0.05) is 4.47 Å². The summed E-state index contributed by atoms with van der Waals surface area (Å²) >= 11 is 9.91. The molecule has 3 heteroatoms. The van der Waals surface area contributed by atoms with Crippen LogP contribution in [0.5, 0.6) is 5.75 Å². The minimum atomic E-state index is 0.0321. The third kappa shape index (κ3) is 4.53. The first kappa shape index (κ1) is 15.4. The molecule has 0 spiro atoms. The fourth-order valence-electron chi connectivity index (χ4n) is 2.01. The van der Waals surface area contributed by atoms with Crippen molar-refractivity contribution in [1.82, 2.24) is 0 Å². The predicted octanol–water partition coefficient (Wildman–Crippen LogP) is 5.83. The van der Waals surface area contributed by atoms with Crippen molar-refractivity contribution in [3.05, 3.63) is 64.6 Å². The highest BCUT2D eigenvalue weighted by Crippen LogP contribution is 2.30. The Hall–Kier alpha value is -0.990. The molecule has 0 aliphatic heterocycles. The Bertz CT molecular complexity index is 512. The van der Waals surface area contributed by atoms with Crippen molar-refractivity contribution in [2.75, 3.05) is 6.61 Å². The Morgan fingerprint density at radius 3 is 2.35 bits per heavy atom. The lowest BCUT2D eigenvalue weighted by Gasteiger charge is -2.18. The maximum absolute atomic E-state index is 6.50. The van der Waals surface area contributed by atoms with Crippen LogP contribution in [0.15, 0.2) is 59.1 Å². The smallest absolute Gasteiger partial charge is 0.119 e. The Morgan fingerprint density at radius 1 is 1.05 bits per heavy atom. The monoisotopic (exact) mass is 352 g/mol. The molecule has 0 saturated heterocycles. The molecule has 106 valence electrons. The molecule has 0 radical (unpaired) electrons. The Morgan fingerprint density at radius 2 is 1.70 bits per heavy atom. The normalized spacial score (nSPS) is 13.8. The molecule has 2 rings (SSSR count). The van der Waals surface area contributed by atoms with E-state index in [9.17, 15) is 0 Å². The molecule has 0 bridgehead atoms. The van der Waals surface area contributed by atoms with Gasteiger partial charge in [-0.2, -0.15) is 0 Å². The summed E-state index contributed by atoms with van der Waals surface area (Å²) in [7, 11) is 0. The molecule has 0 heterocycles. The van der Waals surface area contributed by atoms with Crippen LogP contribution in [0.2, 0.25) is 0 Å². The highest BCUT2D eigenvalue weighted by molar-refractivity contribution is 9.10. The summed E-state index contributed by atoms with van der Waals surface area (Å²) in [6.45, 7) is 2.84. The standard InChI is InChI=1S/C17H18BrClO/c1-13(17(19)14-5-3-2-4-6-14)11-12-20-16-9-7-15(18)8-10-16/h2-10,13,17H,11-12H2,1H3. The zero-order valence-corrected chi connectivity index (χ0v) is 13.8. The maximum Gasteiger partial charge on any atom is 0.119 e. The van der Waals surface area contributed by atoms with E-state index in [1.807, 2.05) is 42.5 Å². The number of hydrogen-bond acceptors (Lipinski definition) is 1. The maximum atomic E-state index is 6.50. The molecule has 0 aliphatic carbocycles. The second-order valence-electron chi connectivity index (χ2n) is 4.88. The van der Waals surface area contributed by atoms with Gasteiger partial charge in [-0.15, -0.1) is 11.6 Å². The molecule has 2 aromatic carbocycles. The second-order valence-corrected chi connectivity index (χ2v) is 6.27. The Kier molecular flexibility index (Phi) is 5.93. The molecule has 1 nitrogen and oxygen atoms in total. The van der Waals surface area contributed by atoms with Gasteiger partial charge in [-0.1, -0.05) is 53.2 Å². The van der Waals surface area contributed by atoms with Crippen LogP contribution in [0.4, 0.5) is 0 Å². The summed E-state index contributed by atoms with van der Waals surface area (Å²) in [4.78, 5) is 0. The SMILES string of the molecule is CC(CCOc1ccc(Br)cc1)C(Cl)c1ccccc1. The molecule has 0 aromatic heterocycles. The zero-order valence-electron chi connectivity index (χ0n) is 11.4. The number of ether oxygens (including phenoxy) is 1. The summed E-state index contributed by atoms with van der Waals surface area (Å²) in [5.74, 6) is 1.26. The van der Waals surface area contributed by atoms with Crippen LogP contribution in [-0.2, 0) is 0 Å². The lowest BCUT2D eigenvalue weighted by Crippen LogP contribution is -2.09. The summed E-state index contributed by atoms with van der Waals surface area (Å²) in [5.41, 5.74) is 1.17. The Labute approximate surface area is 134 Å². The average Bonchev–Trinajstić information content (AvgIpc) is 2.49. The van der Waals surface area contributed by atoms with Gasteiger partial charge in [0.05, 0.1) is 12.0 Å². The molecule has 0 amide bonds. The molecule has 0 aliphatic rings. The highest BCUT2D eigenvalue weighted by atomic mass is 79.9. The first-order chi connectivity index (χ1) is 9.66. The van der Waals surface area contributed by atoms with Gasteiger partial charge in [0.1, 0.15) is 5.75 Å². The summed E-state index contributed by atoms with van der Waals surface area (Å²) in [6.07, 6.45) is 0.930. The van der Waals surface area contributed by atoms with E-state index in [0.29, 0.717) is 12.5 Å². The quantitative estimate of drug-likeness (QED) is 0.593. The van der Waals surface area contributed by atoms with Crippen LogP contribution < -0.4 is 4.74 Å². The first-order valence-corrected chi connectivity index (χ1v) is 7.97. The number of hydrogen-bond donors (Lipinski definition) is 0. The molecule has 2 atom stereocenters. The molecule has 2 aromatic rings. The van der Waals surface area contributed by atoms with E-state index in [4.69, 9.17) is 16.3 Å². The first-order valence-electron chi connectivity index (χ1n) is 6.74. The van der Waals surface area contributed by atoms with E-state index < -0.39 is 0 Å². The summed E-state index contributed by atoms with van der Waals surface area (Å²) in [6, 6.07) is 18.1. The average molecular weight is 354 g/mol. The minimum Gasteiger partial charge on any atom is -0.494 e. The third-order valence-corrected chi connectivity index (χ3v) is 4.48. The predicted molar refractivity (Wildman–Crippen MR) is 88.5 cm³/mol. The van der Waals surface area contributed by atoms with Crippen molar-refractivity contribution >= 4 is 27.5 Å². The lowest BCUT2D eigenvalue weighted by atomic mass is 9.98. The van der Waals surface area contributed by atoms with Gasteiger partial charge in [0.25, 0.3) is 0 Å². The van der Waals surface area contributed by atoms with Gasteiger partial charge in [0.2, 0.25) is 0 Å². The van der Waals surface area contributed by atoms with E-state index in [0.717, 1.165) is 16.6 Å². The highest BCUT2D eigenvalue weighted by Gasteiger charge is 2.16. The van der Waals surface area contributed by atoms with Crippen molar-refractivity contribution in [2.45, 2.75) is 18.7 Å². The van der Waals surface area contributed by atoms with E-state index >= 15 is 0 Å². The van der Waals surface area contributed by atoms with Crippen LogP contribution in [-0.4, -0.2) is 6.61 Å². The summed E-state index contributed by atoms with van der Waals surface area (Å²) < 4.78 is 6.80. The van der Waals surface area contributed by atoms with Crippen LogP contribution in [0.25, 0.3) is 0 Å². The largest absolute Gasteiger partial charge is 0.494 e. The van der Waals surface area contributed by atoms with E-state index in [-0.39, 0.29) is 5.38 Å². The van der Waals surface area contributed by atoms with Crippen molar-refractivity contribution in [1.29, 1.82) is 0 Å². The van der Waals surface area contributed by atoms with Gasteiger partial charge < -0.3 is 4.74 Å². The Balaban J connectivity index is 1.80. The molecular weight excluding hydrogens is 336 g/mol. The van der Waals surface area contributed by atoms with Crippen LogP contribution >= 0.6 is 27.5 Å². The minimum absolute atomic E-state index is 0.0321. The van der Waals surface area contributed by atoms with Gasteiger partial charge in [-0.25, -0.2) is 0 Å². The molecule has 2 unspecified atom stereocenters. The van der Waals surface area contributed by atoms with Crippen molar-refractivity contribution in [2.24, 2.45) is 5.92 Å². The third-order valence-electron chi connectivity index (χ3n) is 3.27. The van der Waals surface area contributed by atoms with E-state index in [1.165, 1.54) is 5.56 Å². The van der Waals surface area contributed by atoms with Gasteiger partial charge in [-0.05, 0) is 42.2 Å². The molecule has 20 heavy (non-hydrogen) atoms. The molecule has 0 N–H and O–H groups in total. The summed E-state index contributed by atoms with van der Waals surface area (Å²) in [5, 5.41) is 0.0321. The number of benzene rings is 2. The van der Waals surface area contributed by atoms with Crippen molar-refractivity contribution in [3.63, 3.8) is 0 Å². The van der Waals surface area contributed by atoms with Gasteiger partial charge in [0.15, 0.2) is 0 Å². The zero-order chi connectivity index (χ0) is 14.4. The lowest BCUT2D eigenvalue weighted by molar-refractivity contribution is 0.281. The molecular formula is C17H18BrClO. The number of halogens is 2. The van der Waals surface area contributed by atoms with Crippen molar-refractivity contribution < 1.29 is 4.74 Å². The fraction of sp³-hybridized carbons (Fsp3) is 0.294. The van der Waals surface area contributed by atoms with Gasteiger partial charge in [-0.3, -0.25) is 0 Å². The molecule has 0 fully saturated rings. The topological polar surface area (TPSA) is 9.23 Å². The molecule has 0 saturated carbocycles. The van der Waals surface area contributed by atoms with Gasteiger partial charge >= 0.3 is 0 Å². The van der Waals surface area contributed by atoms with Crippen LogP contribution in [0.3, 0.4) is 0 Å². The van der Waals surface area contributed by atoms with E-state index in [2.05, 4.69) is 35.0 Å². The second kappa shape index (κ2) is 7.70. The van der Waals surface area contributed by atoms with E-state index in [1.54, 1.807) is 0 Å². The van der Waals surface area contributed by atoms with Crippen LogP contribution in [0, 0.1) is 5.92 Å².